The molecule has 1 aromatic heterocycles. The number of piperidine rings is 1. The van der Waals surface area contributed by atoms with Crippen molar-refractivity contribution in [2.45, 2.75) is 24.8 Å². The van der Waals surface area contributed by atoms with E-state index in [1.807, 2.05) is 24.3 Å². The Morgan fingerprint density at radius 2 is 1.98 bits per heavy atom. The first-order valence-corrected chi connectivity index (χ1v) is 13.3. The zero-order valence-corrected chi connectivity index (χ0v) is 22.2. The van der Waals surface area contributed by atoms with Crippen LogP contribution in [0.2, 0.25) is 0 Å². The molecule has 41 heavy (non-hydrogen) atoms. The van der Waals surface area contributed by atoms with E-state index in [1.54, 1.807) is 18.2 Å². The number of ether oxygens (including phenoxy) is 2. The van der Waals surface area contributed by atoms with Gasteiger partial charge in [0.1, 0.15) is 24.3 Å². The van der Waals surface area contributed by atoms with E-state index in [4.69, 9.17) is 14.6 Å². The Balaban J connectivity index is 1.24. The molecule has 0 bridgehead atoms. The van der Waals surface area contributed by atoms with Crippen molar-refractivity contribution in [2.24, 2.45) is 0 Å². The Labute approximate surface area is 236 Å². The molecule has 3 heterocycles. The number of morpholine rings is 1. The van der Waals surface area contributed by atoms with Crippen molar-refractivity contribution in [3.63, 3.8) is 0 Å². The van der Waals surface area contributed by atoms with Crippen LogP contribution in [-0.4, -0.2) is 100 Å². The highest BCUT2D eigenvalue weighted by atomic mass is 19.1. The van der Waals surface area contributed by atoms with Gasteiger partial charge in [-0.3, -0.25) is 4.79 Å². The SMILES string of the molecule is N#Cc1cc(-c2ncnc(Nc3ccc(N4CCOCC4)cc3)n2)ccc1O[C@H]1CCN(C(=O)C(O)CO)C[C@H]1F. The van der Waals surface area contributed by atoms with E-state index in [9.17, 15) is 19.6 Å². The van der Waals surface area contributed by atoms with Crippen LogP contribution < -0.4 is 15.0 Å². The Hall–Kier alpha value is -4.38. The van der Waals surface area contributed by atoms with Crippen LogP contribution in [0.1, 0.15) is 12.0 Å². The van der Waals surface area contributed by atoms with Gasteiger partial charge in [-0.05, 0) is 42.5 Å². The molecule has 2 aliphatic heterocycles. The van der Waals surface area contributed by atoms with Crippen LogP contribution in [0, 0.1) is 11.3 Å². The molecule has 3 atom stereocenters. The Bertz CT molecular complexity index is 1400. The van der Waals surface area contributed by atoms with Gasteiger partial charge in [0, 0.05) is 43.0 Å². The lowest BCUT2D eigenvalue weighted by Gasteiger charge is -2.35. The topological polar surface area (TPSA) is 157 Å². The summed E-state index contributed by atoms with van der Waals surface area (Å²) in [6, 6.07) is 14.8. The van der Waals surface area contributed by atoms with Crippen molar-refractivity contribution < 1.29 is 28.9 Å². The lowest BCUT2D eigenvalue weighted by atomic mass is 10.0. The van der Waals surface area contributed by atoms with Crippen LogP contribution in [-0.2, 0) is 9.53 Å². The highest BCUT2D eigenvalue weighted by Crippen LogP contribution is 2.29. The number of nitriles is 1. The minimum Gasteiger partial charge on any atom is -0.486 e. The highest BCUT2D eigenvalue weighted by molar-refractivity contribution is 5.81. The van der Waals surface area contributed by atoms with E-state index in [0.29, 0.717) is 30.5 Å². The zero-order valence-electron chi connectivity index (χ0n) is 22.2. The molecule has 0 spiro atoms. The van der Waals surface area contributed by atoms with Gasteiger partial charge in [0.25, 0.3) is 5.91 Å². The van der Waals surface area contributed by atoms with Crippen LogP contribution in [0.15, 0.2) is 48.8 Å². The summed E-state index contributed by atoms with van der Waals surface area (Å²) in [5.41, 5.74) is 2.65. The van der Waals surface area contributed by atoms with Gasteiger partial charge in [-0.25, -0.2) is 14.4 Å². The number of anilines is 3. The van der Waals surface area contributed by atoms with Crippen LogP contribution >= 0.6 is 0 Å². The molecule has 2 aromatic carbocycles. The molecule has 2 saturated heterocycles. The number of nitrogens with zero attached hydrogens (tertiary/aromatic N) is 6. The number of hydrogen-bond acceptors (Lipinski definition) is 11. The van der Waals surface area contributed by atoms with E-state index in [0.717, 1.165) is 29.4 Å². The molecule has 2 aliphatic rings. The smallest absolute Gasteiger partial charge is 0.253 e. The van der Waals surface area contributed by atoms with Gasteiger partial charge in [0.05, 0.1) is 31.9 Å². The van der Waals surface area contributed by atoms with Gasteiger partial charge in [-0.1, -0.05) is 0 Å². The second-order valence-corrected chi connectivity index (χ2v) is 9.67. The fourth-order valence-corrected chi connectivity index (χ4v) is 4.73. The number of hydrogen-bond donors (Lipinski definition) is 3. The third-order valence-electron chi connectivity index (χ3n) is 6.96. The molecule has 1 amide bonds. The van der Waals surface area contributed by atoms with Crippen molar-refractivity contribution in [3.05, 3.63) is 54.4 Å². The summed E-state index contributed by atoms with van der Waals surface area (Å²) in [5.74, 6) is 0.146. The minimum atomic E-state index is -1.58. The fourth-order valence-electron chi connectivity index (χ4n) is 4.73. The van der Waals surface area contributed by atoms with Crippen molar-refractivity contribution in [2.75, 3.05) is 56.2 Å². The standard InChI is InChI=1S/C28H30FN7O5/c29-22-15-36(27(39)23(38)16-37)8-7-25(22)41-24-6-1-18(13-19(24)14-30)26-31-17-32-28(34-26)33-20-2-4-21(5-3-20)35-9-11-40-12-10-35/h1-6,13,17,22-23,25,37-38H,7-12,15-16H2,(H,31,32,33,34)/t22-,23?,25+/m1/s1. The number of carbonyl (C=O) groups excluding carboxylic acids is 1. The predicted octanol–water partition coefficient (Wildman–Crippen LogP) is 1.66. The molecule has 3 aromatic rings. The second kappa shape index (κ2) is 12.9. The summed E-state index contributed by atoms with van der Waals surface area (Å²) in [7, 11) is 0. The first-order chi connectivity index (χ1) is 19.9. The molecular weight excluding hydrogens is 533 g/mol. The number of nitrogens with one attached hydrogen (secondary N) is 1. The third kappa shape index (κ3) is 6.68. The van der Waals surface area contributed by atoms with Crippen molar-refractivity contribution >= 4 is 23.2 Å². The highest BCUT2D eigenvalue weighted by Gasteiger charge is 2.35. The average molecular weight is 564 g/mol. The molecule has 12 nitrogen and oxygen atoms in total. The number of rotatable bonds is 8. The van der Waals surface area contributed by atoms with Gasteiger partial charge in [0.15, 0.2) is 18.1 Å². The van der Waals surface area contributed by atoms with Crippen molar-refractivity contribution in [3.8, 4) is 23.2 Å². The first kappa shape index (κ1) is 28.2. The molecule has 13 heteroatoms. The van der Waals surface area contributed by atoms with Gasteiger partial charge in [-0.15, -0.1) is 0 Å². The third-order valence-corrected chi connectivity index (χ3v) is 6.96. The number of aromatic nitrogens is 3. The Kier molecular flexibility index (Phi) is 8.83. The predicted molar refractivity (Wildman–Crippen MR) is 146 cm³/mol. The molecule has 2 fully saturated rings. The number of amides is 1. The maximum absolute atomic E-state index is 14.8. The summed E-state index contributed by atoms with van der Waals surface area (Å²) in [6.45, 7) is 2.26. The lowest BCUT2D eigenvalue weighted by molar-refractivity contribution is -0.146. The van der Waals surface area contributed by atoms with Crippen molar-refractivity contribution in [1.82, 2.24) is 19.9 Å². The molecule has 3 N–H and O–H groups in total. The monoisotopic (exact) mass is 563 g/mol. The summed E-state index contributed by atoms with van der Waals surface area (Å²) < 4.78 is 26.1. The van der Waals surface area contributed by atoms with Gasteiger partial charge in [0.2, 0.25) is 5.95 Å². The molecule has 0 saturated carbocycles. The number of aliphatic hydroxyl groups is 2. The molecule has 0 aliphatic carbocycles. The van der Waals surface area contributed by atoms with E-state index in [2.05, 4.69) is 31.2 Å². The maximum atomic E-state index is 14.8. The molecule has 0 radical (unpaired) electrons. The van der Waals surface area contributed by atoms with Crippen LogP contribution in [0.4, 0.5) is 21.7 Å². The Morgan fingerprint density at radius 1 is 1.20 bits per heavy atom. The number of aliphatic hydroxyl groups excluding tert-OH is 2. The largest absolute Gasteiger partial charge is 0.486 e. The first-order valence-electron chi connectivity index (χ1n) is 13.3. The average Bonchev–Trinajstić information content (AvgIpc) is 3.02. The van der Waals surface area contributed by atoms with E-state index < -0.39 is 30.9 Å². The Morgan fingerprint density at radius 3 is 2.68 bits per heavy atom. The van der Waals surface area contributed by atoms with Crippen LogP contribution in [0.5, 0.6) is 5.75 Å². The molecular formula is C28H30FN7O5. The quantitative estimate of drug-likeness (QED) is 0.366. The second-order valence-electron chi connectivity index (χ2n) is 9.67. The summed E-state index contributed by atoms with van der Waals surface area (Å²) >= 11 is 0. The van der Waals surface area contributed by atoms with Gasteiger partial charge in [-0.2, -0.15) is 10.2 Å². The lowest BCUT2D eigenvalue weighted by Crippen LogP contribution is -2.52. The van der Waals surface area contributed by atoms with Crippen LogP contribution in [0.3, 0.4) is 0 Å². The number of carbonyl (C=O) groups is 1. The maximum Gasteiger partial charge on any atom is 0.253 e. The normalized spacial score (nSPS) is 19.8. The molecule has 5 rings (SSSR count). The van der Waals surface area contributed by atoms with Gasteiger partial charge < -0.3 is 34.8 Å². The fraction of sp³-hybridized carbons (Fsp3) is 0.393. The van der Waals surface area contributed by atoms with Crippen LogP contribution in [0.25, 0.3) is 11.4 Å². The minimum absolute atomic E-state index is 0.150. The molecule has 1 unspecified atom stereocenters. The van der Waals surface area contributed by atoms with E-state index >= 15 is 0 Å². The number of halogens is 1. The summed E-state index contributed by atoms with van der Waals surface area (Å²) in [6.07, 6.45) is -2.46. The number of alkyl halides is 1. The summed E-state index contributed by atoms with van der Waals surface area (Å²) in [4.78, 5) is 28.4. The van der Waals surface area contributed by atoms with Crippen molar-refractivity contribution in [1.29, 1.82) is 5.26 Å². The zero-order chi connectivity index (χ0) is 28.8. The van der Waals surface area contributed by atoms with E-state index in [-0.39, 0.29) is 30.8 Å². The van der Waals surface area contributed by atoms with E-state index in [1.165, 1.54) is 6.33 Å². The summed E-state index contributed by atoms with van der Waals surface area (Å²) in [5, 5.41) is 31.4. The number of likely N-dealkylation sites (tertiary alicyclic amines) is 1. The molecule has 214 valence electrons. The number of benzene rings is 2. The van der Waals surface area contributed by atoms with Gasteiger partial charge >= 0.3 is 0 Å².